The molecule has 0 aliphatic heterocycles. The summed E-state index contributed by atoms with van der Waals surface area (Å²) in [5.74, 6) is 1.33. The summed E-state index contributed by atoms with van der Waals surface area (Å²) in [7, 11) is 1.72. The molecule has 1 saturated carbocycles. The van der Waals surface area contributed by atoms with Crippen LogP contribution in [-0.2, 0) is 13.1 Å². The summed E-state index contributed by atoms with van der Waals surface area (Å²) in [6.07, 6.45) is 2.47. The zero-order chi connectivity index (χ0) is 16.4. The Labute approximate surface area is 138 Å². The predicted molar refractivity (Wildman–Crippen MR) is 92.8 cm³/mol. The van der Waals surface area contributed by atoms with E-state index < -0.39 is 0 Å². The van der Waals surface area contributed by atoms with Crippen LogP contribution in [0.2, 0.25) is 0 Å². The fourth-order valence-corrected chi connectivity index (χ4v) is 3.01. The number of hydrogen-bond donors (Lipinski definition) is 1. The molecule has 0 heterocycles. The summed E-state index contributed by atoms with van der Waals surface area (Å²) in [6.45, 7) is 5.75. The zero-order valence-electron chi connectivity index (χ0n) is 14.2. The van der Waals surface area contributed by atoms with Crippen LogP contribution in [0.3, 0.4) is 0 Å². The average Bonchev–Trinajstić information content (AvgIpc) is 3.37. The summed E-state index contributed by atoms with van der Waals surface area (Å²) in [5.41, 5.74) is 4.57. The third-order valence-corrected chi connectivity index (χ3v) is 4.70. The van der Waals surface area contributed by atoms with Crippen molar-refractivity contribution >= 4 is 0 Å². The van der Waals surface area contributed by atoms with Crippen molar-refractivity contribution in [1.82, 2.24) is 4.90 Å². The van der Waals surface area contributed by atoms with E-state index in [1.807, 2.05) is 25.1 Å². The van der Waals surface area contributed by atoms with Crippen LogP contribution in [0.4, 0.5) is 0 Å². The molecule has 0 radical (unpaired) electrons. The third kappa shape index (κ3) is 3.67. The minimum Gasteiger partial charge on any atom is -0.508 e. The van der Waals surface area contributed by atoms with Gasteiger partial charge in [0.25, 0.3) is 0 Å². The summed E-state index contributed by atoms with van der Waals surface area (Å²) < 4.78 is 5.48. The average molecular weight is 311 g/mol. The lowest BCUT2D eigenvalue weighted by Gasteiger charge is -2.24. The highest BCUT2D eigenvalue weighted by molar-refractivity contribution is 5.41. The van der Waals surface area contributed by atoms with E-state index in [0.29, 0.717) is 11.8 Å². The second-order valence-electron chi connectivity index (χ2n) is 6.51. The van der Waals surface area contributed by atoms with Gasteiger partial charge in [0.05, 0.1) is 7.11 Å². The Bertz CT molecular complexity index is 692. The Morgan fingerprint density at radius 2 is 1.70 bits per heavy atom. The monoisotopic (exact) mass is 311 g/mol. The highest BCUT2D eigenvalue weighted by Gasteiger charge is 2.30. The van der Waals surface area contributed by atoms with Crippen molar-refractivity contribution in [3.8, 4) is 11.5 Å². The Kier molecular flexibility index (Phi) is 4.58. The Morgan fingerprint density at radius 1 is 1.04 bits per heavy atom. The second-order valence-corrected chi connectivity index (χ2v) is 6.51. The number of phenols is 1. The number of aryl methyl sites for hydroxylation is 2. The number of nitrogens with zero attached hydrogens (tertiary/aromatic N) is 1. The van der Waals surface area contributed by atoms with E-state index in [2.05, 4.69) is 30.0 Å². The zero-order valence-corrected chi connectivity index (χ0v) is 14.2. The van der Waals surface area contributed by atoms with Gasteiger partial charge in [0, 0.05) is 30.3 Å². The normalized spacial score (nSPS) is 14.3. The van der Waals surface area contributed by atoms with Gasteiger partial charge in [-0.05, 0) is 49.9 Å². The van der Waals surface area contributed by atoms with E-state index in [4.69, 9.17) is 4.74 Å². The van der Waals surface area contributed by atoms with E-state index in [-0.39, 0.29) is 0 Å². The molecule has 0 unspecified atom stereocenters. The number of aromatic hydroxyl groups is 1. The van der Waals surface area contributed by atoms with Gasteiger partial charge in [0.2, 0.25) is 0 Å². The maximum absolute atomic E-state index is 10.3. The SMILES string of the molecule is COc1ccccc1CN(Cc1cc(C)c(C)cc1O)C1CC1. The maximum Gasteiger partial charge on any atom is 0.123 e. The van der Waals surface area contributed by atoms with Crippen LogP contribution < -0.4 is 4.74 Å². The molecule has 1 fully saturated rings. The van der Waals surface area contributed by atoms with Crippen molar-refractivity contribution in [2.45, 2.75) is 45.8 Å². The largest absolute Gasteiger partial charge is 0.508 e. The minimum absolute atomic E-state index is 0.402. The van der Waals surface area contributed by atoms with Gasteiger partial charge in [-0.1, -0.05) is 24.3 Å². The van der Waals surface area contributed by atoms with Crippen LogP contribution in [0.1, 0.15) is 35.1 Å². The number of benzene rings is 2. The Morgan fingerprint density at radius 3 is 2.39 bits per heavy atom. The van der Waals surface area contributed by atoms with Crippen LogP contribution in [0.25, 0.3) is 0 Å². The fraction of sp³-hybridized carbons (Fsp3) is 0.400. The molecule has 0 bridgehead atoms. The molecule has 0 spiro atoms. The van der Waals surface area contributed by atoms with Crippen molar-refractivity contribution < 1.29 is 9.84 Å². The number of phenolic OH excluding ortho intramolecular Hbond substituents is 1. The minimum atomic E-state index is 0.402. The summed E-state index contributed by atoms with van der Waals surface area (Å²) >= 11 is 0. The topological polar surface area (TPSA) is 32.7 Å². The van der Waals surface area contributed by atoms with E-state index in [1.54, 1.807) is 7.11 Å². The van der Waals surface area contributed by atoms with Gasteiger partial charge in [-0.3, -0.25) is 4.90 Å². The number of para-hydroxylation sites is 1. The molecule has 3 heteroatoms. The Balaban J connectivity index is 1.82. The molecule has 2 aromatic rings. The van der Waals surface area contributed by atoms with Crippen molar-refractivity contribution in [3.05, 3.63) is 58.7 Å². The lowest BCUT2D eigenvalue weighted by atomic mass is 10.0. The van der Waals surface area contributed by atoms with Gasteiger partial charge in [0.15, 0.2) is 0 Å². The molecular formula is C20H25NO2. The molecule has 2 aromatic carbocycles. The molecule has 122 valence electrons. The second kappa shape index (κ2) is 6.63. The van der Waals surface area contributed by atoms with Crippen LogP contribution in [-0.4, -0.2) is 23.2 Å². The van der Waals surface area contributed by atoms with Crippen LogP contribution in [0.15, 0.2) is 36.4 Å². The molecule has 0 saturated heterocycles. The van der Waals surface area contributed by atoms with Gasteiger partial charge < -0.3 is 9.84 Å². The first-order chi connectivity index (χ1) is 11.1. The van der Waals surface area contributed by atoms with Crippen molar-refractivity contribution in [3.63, 3.8) is 0 Å². The van der Waals surface area contributed by atoms with Crippen LogP contribution >= 0.6 is 0 Å². The number of ether oxygens (including phenoxy) is 1. The van der Waals surface area contributed by atoms with Gasteiger partial charge in [-0.2, -0.15) is 0 Å². The highest BCUT2D eigenvalue weighted by atomic mass is 16.5. The first-order valence-corrected chi connectivity index (χ1v) is 8.23. The van der Waals surface area contributed by atoms with E-state index in [1.165, 1.54) is 24.0 Å². The lowest BCUT2D eigenvalue weighted by molar-refractivity contribution is 0.238. The molecule has 23 heavy (non-hydrogen) atoms. The third-order valence-electron chi connectivity index (χ3n) is 4.70. The van der Waals surface area contributed by atoms with Crippen molar-refractivity contribution in [2.24, 2.45) is 0 Å². The highest BCUT2D eigenvalue weighted by Crippen LogP contribution is 2.33. The molecule has 3 nitrogen and oxygen atoms in total. The van der Waals surface area contributed by atoms with Gasteiger partial charge in [-0.25, -0.2) is 0 Å². The van der Waals surface area contributed by atoms with Crippen molar-refractivity contribution in [2.75, 3.05) is 7.11 Å². The number of hydrogen-bond acceptors (Lipinski definition) is 3. The van der Waals surface area contributed by atoms with Crippen molar-refractivity contribution in [1.29, 1.82) is 0 Å². The first kappa shape index (κ1) is 15.9. The first-order valence-electron chi connectivity index (χ1n) is 8.23. The molecular weight excluding hydrogens is 286 g/mol. The summed E-state index contributed by atoms with van der Waals surface area (Å²) in [5, 5.41) is 10.3. The van der Waals surface area contributed by atoms with Crippen LogP contribution in [0.5, 0.6) is 11.5 Å². The molecule has 0 aromatic heterocycles. The Hall–Kier alpha value is -2.00. The molecule has 3 rings (SSSR count). The van der Waals surface area contributed by atoms with Gasteiger partial charge in [0.1, 0.15) is 11.5 Å². The molecule has 1 N–H and O–H groups in total. The van der Waals surface area contributed by atoms with Crippen LogP contribution in [0, 0.1) is 13.8 Å². The summed E-state index contributed by atoms with van der Waals surface area (Å²) in [4.78, 5) is 2.45. The maximum atomic E-state index is 10.3. The van der Waals surface area contributed by atoms with E-state index in [0.717, 1.165) is 30.0 Å². The smallest absolute Gasteiger partial charge is 0.123 e. The quantitative estimate of drug-likeness (QED) is 0.868. The van der Waals surface area contributed by atoms with Gasteiger partial charge in [-0.15, -0.1) is 0 Å². The van der Waals surface area contributed by atoms with Gasteiger partial charge >= 0.3 is 0 Å². The number of methoxy groups -OCH3 is 1. The van der Waals surface area contributed by atoms with E-state index in [9.17, 15) is 5.11 Å². The molecule has 0 atom stereocenters. The molecule has 0 amide bonds. The standard InChI is InChI=1S/C20H25NO2/c1-14-10-17(19(22)11-15(14)2)13-21(18-8-9-18)12-16-6-4-5-7-20(16)23-3/h4-7,10-11,18,22H,8-9,12-13H2,1-3H3. The number of rotatable bonds is 6. The molecule has 1 aliphatic carbocycles. The fourth-order valence-electron chi connectivity index (χ4n) is 3.01. The lowest BCUT2D eigenvalue weighted by Crippen LogP contribution is -2.25. The summed E-state index contributed by atoms with van der Waals surface area (Å²) in [6, 6.07) is 12.8. The van der Waals surface area contributed by atoms with E-state index >= 15 is 0 Å². The predicted octanol–water partition coefficient (Wildman–Crippen LogP) is 4.18. The molecule has 1 aliphatic rings.